The van der Waals surface area contributed by atoms with E-state index in [-0.39, 0.29) is 24.8 Å². The molecule has 0 amide bonds. The summed E-state index contributed by atoms with van der Waals surface area (Å²) in [5.41, 5.74) is 2.69. The molecule has 0 saturated carbocycles. The van der Waals surface area contributed by atoms with Crippen LogP contribution < -0.4 is 24.8 Å². The molecule has 0 aromatic heterocycles. The SMILES string of the molecule is CC1=CC[C-]=C1.CC1=CC[C-]=C1.[CH2]=[Zr+2].[CH2]=[Zr+2].[Cl-].[Cl-].c1ccc2[cH-]ccc2c1.c1ccc2[cH-]ccc2c1. The van der Waals surface area contributed by atoms with Crippen molar-refractivity contribution >= 4 is 30.0 Å². The second-order valence-electron chi connectivity index (χ2n) is 7.31. The Hall–Kier alpha value is -1.29. The Morgan fingerprint density at radius 1 is 0.611 bits per heavy atom. The number of halogens is 2. The van der Waals surface area contributed by atoms with Crippen molar-refractivity contribution < 1.29 is 73.3 Å². The number of fused-ring (bicyclic) bond motifs is 2. The summed E-state index contributed by atoms with van der Waals surface area (Å²) >= 11 is 2.60. The molecule has 0 saturated heterocycles. The van der Waals surface area contributed by atoms with Gasteiger partial charge in [-0.15, -0.1) is 86.0 Å². The fraction of sp³-hybridized carbons (Fsp3) is 0.125. The third-order valence-electron chi connectivity index (χ3n) is 4.84. The van der Waals surface area contributed by atoms with Gasteiger partial charge in [0.15, 0.2) is 0 Å². The third-order valence-corrected chi connectivity index (χ3v) is 4.84. The van der Waals surface area contributed by atoms with Crippen molar-refractivity contribution in [2.24, 2.45) is 0 Å². The average molecular weight is 670 g/mol. The van der Waals surface area contributed by atoms with Crippen LogP contribution >= 0.6 is 0 Å². The zero-order valence-electron chi connectivity index (χ0n) is 21.0. The summed E-state index contributed by atoms with van der Waals surface area (Å²) in [5, 5.41) is 5.32. The van der Waals surface area contributed by atoms with E-state index in [2.05, 4.69) is 132 Å². The molecule has 0 spiro atoms. The van der Waals surface area contributed by atoms with Crippen LogP contribution in [0.5, 0.6) is 0 Å². The molecule has 0 N–H and O–H groups in total. The van der Waals surface area contributed by atoms with E-state index in [1.165, 1.54) is 81.2 Å². The molecule has 2 aliphatic carbocycles. The Labute approximate surface area is 260 Å². The molecule has 0 unspecified atom stereocenters. The Bertz CT molecular complexity index is 1050. The molecule has 0 bridgehead atoms. The molecule has 0 atom stereocenters. The molecule has 2 aliphatic rings. The molecule has 6 rings (SSSR count). The van der Waals surface area contributed by atoms with E-state index in [9.17, 15) is 0 Å². The first-order valence-electron chi connectivity index (χ1n) is 11.1. The van der Waals surface area contributed by atoms with E-state index < -0.39 is 0 Å². The van der Waals surface area contributed by atoms with Crippen molar-refractivity contribution in [2.45, 2.75) is 26.7 Å². The van der Waals surface area contributed by atoms with Crippen molar-refractivity contribution in [1.82, 2.24) is 0 Å². The van der Waals surface area contributed by atoms with Gasteiger partial charge in [-0.05, 0) is 0 Å². The summed E-state index contributed by atoms with van der Waals surface area (Å²) in [5.74, 6) is 0. The molecule has 0 radical (unpaired) electrons. The van der Waals surface area contributed by atoms with Gasteiger partial charge in [0.25, 0.3) is 0 Å². The van der Waals surface area contributed by atoms with Crippen molar-refractivity contribution in [3.8, 4) is 0 Å². The van der Waals surface area contributed by atoms with Crippen molar-refractivity contribution in [1.29, 1.82) is 0 Å². The number of rotatable bonds is 0. The van der Waals surface area contributed by atoms with Gasteiger partial charge in [-0.3, -0.25) is 12.2 Å². The molecule has 0 fully saturated rings. The second kappa shape index (κ2) is 24.1. The van der Waals surface area contributed by atoms with Gasteiger partial charge < -0.3 is 24.8 Å². The van der Waals surface area contributed by atoms with Crippen LogP contribution in [-0.4, -0.2) is 8.42 Å². The van der Waals surface area contributed by atoms with Crippen LogP contribution in [0, 0.1) is 12.2 Å². The standard InChI is InChI=1S/2C9H7.2C6H7.2CH2.2ClH.2Zr/c2*1-2-5-9-7-3-6-8(9)4-1;2*1-6-4-2-3-5-6;;;;;;/h2*1-7H;2*4-5H,2H2,1H3;2*1H2;2*1H;;/q4*-1;;;;;2*+2/p-2. The van der Waals surface area contributed by atoms with Crippen molar-refractivity contribution in [3.05, 3.63) is 133 Å². The summed E-state index contributed by atoms with van der Waals surface area (Å²) in [4.78, 5) is 0. The molecule has 4 aromatic carbocycles. The van der Waals surface area contributed by atoms with E-state index in [4.69, 9.17) is 0 Å². The van der Waals surface area contributed by atoms with Gasteiger partial charge in [-0.1, -0.05) is 12.1 Å². The summed E-state index contributed by atoms with van der Waals surface area (Å²) in [7, 11) is 0. The van der Waals surface area contributed by atoms with Crippen LogP contribution in [-0.2, 0) is 48.5 Å². The smallest absolute Gasteiger partial charge is 0.0809 e. The molecule has 0 heterocycles. The minimum Gasteiger partial charge on any atom is -1.00 e. The zero-order valence-corrected chi connectivity index (χ0v) is 27.4. The van der Waals surface area contributed by atoms with Gasteiger partial charge in [-0.25, -0.2) is 23.3 Å². The largest absolute Gasteiger partial charge is 1.00 e. The van der Waals surface area contributed by atoms with Gasteiger partial charge in [0, 0.05) is 0 Å². The fourth-order valence-corrected chi connectivity index (χ4v) is 3.14. The van der Waals surface area contributed by atoms with E-state index >= 15 is 0 Å². The normalized spacial score (nSPS) is 11.6. The van der Waals surface area contributed by atoms with E-state index in [0.717, 1.165) is 12.8 Å². The maximum Gasteiger partial charge on any atom is -0.0809 e. The Morgan fingerprint density at radius 3 is 1.22 bits per heavy atom. The minimum atomic E-state index is 0. The fourth-order valence-electron chi connectivity index (χ4n) is 3.14. The van der Waals surface area contributed by atoms with E-state index in [0.29, 0.717) is 0 Å². The van der Waals surface area contributed by atoms with Crippen molar-refractivity contribution in [3.63, 3.8) is 0 Å². The second-order valence-corrected chi connectivity index (χ2v) is 7.31. The molecule has 36 heavy (non-hydrogen) atoms. The molecule has 4 aromatic rings. The van der Waals surface area contributed by atoms with Crippen LogP contribution in [0.3, 0.4) is 0 Å². The van der Waals surface area contributed by atoms with Gasteiger partial charge in [0.05, 0.1) is 0 Å². The molecule has 0 aliphatic heterocycles. The van der Waals surface area contributed by atoms with Gasteiger partial charge in [0.1, 0.15) is 0 Å². The molecule has 0 nitrogen and oxygen atoms in total. The first kappa shape index (κ1) is 36.9. The molecular formula is C32H32Cl2Zr2-2. The number of allylic oxidation sites excluding steroid dienone is 8. The Morgan fingerprint density at radius 2 is 0.972 bits per heavy atom. The van der Waals surface area contributed by atoms with Gasteiger partial charge in [0.2, 0.25) is 0 Å². The molecule has 4 heteroatoms. The minimum absolute atomic E-state index is 0. The van der Waals surface area contributed by atoms with Gasteiger partial charge >= 0.3 is 56.9 Å². The maximum absolute atomic E-state index is 3.34. The Kier molecular flexibility index (Phi) is 24.6. The third kappa shape index (κ3) is 15.1. The van der Waals surface area contributed by atoms with Gasteiger partial charge in [-0.2, -0.15) is 47.2 Å². The quantitative estimate of drug-likeness (QED) is 0.253. The molecule has 184 valence electrons. The summed E-state index contributed by atoms with van der Waals surface area (Å²) in [6, 6.07) is 29.3. The maximum atomic E-state index is 3.34. The van der Waals surface area contributed by atoms with Crippen molar-refractivity contribution in [2.75, 3.05) is 0 Å². The monoisotopic (exact) mass is 666 g/mol. The van der Waals surface area contributed by atoms with Crippen LogP contribution in [0.4, 0.5) is 0 Å². The van der Waals surface area contributed by atoms with Crippen LogP contribution in [0.15, 0.2) is 120 Å². The summed E-state index contributed by atoms with van der Waals surface area (Å²) in [6.45, 7) is 4.17. The predicted molar refractivity (Wildman–Crippen MR) is 146 cm³/mol. The average Bonchev–Trinajstić information content (AvgIpc) is 3.71. The Balaban J connectivity index is 0. The summed E-state index contributed by atoms with van der Waals surface area (Å²) in [6.07, 6.45) is 16.5. The van der Waals surface area contributed by atoms with Crippen LogP contribution in [0.25, 0.3) is 21.5 Å². The first-order valence-corrected chi connectivity index (χ1v) is 14.6. The number of hydrogen-bond donors (Lipinski definition) is 0. The predicted octanol–water partition coefficient (Wildman–Crippen LogP) is 2.45. The molecular weight excluding hydrogens is 638 g/mol. The van der Waals surface area contributed by atoms with Crippen LogP contribution in [0.1, 0.15) is 26.7 Å². The van der Waals surface area contributed by atoms with Crippen LogP contribution in [0.2, 0.25) is 0 Å². The number of benzene rings is 2. The van der Waals surface area contributed by atoms with E-state index in [1.54, 1.807) is 0 Å². The number of hydrogen-bond acceptors (Lipinski definition) is 0. The first-order chi connectivity index (χ1) is 16.7. The topological polar surface area (TPSA) is 0 Å². The van der Waals surface area contributed by atoms with E-state index in [1.807, 2.05) is 12.2 Å². The summed E-state index contributed by atoms with van der Waals surface area (Å²) < 4.78 is 6.68. The zero-order chi connectivity index (χ0) is 25.0.